The van der Waals surface area contributed by atoms with Gasteiger partial charge in [-0.05, 0) is 31.5 Å². The van der Waals surface area contributed by atoms with E-state index in [4.69, 9.17) is 5.11 Å². The van der Waals surface area contributed by atoms with Gasteiger partial charge in [-0.1, -0.05) is 17.9 Å². The Morgan fingerprint density at radius 1 is 1.43 bits per heavy atom. The first-order chi connectivity index (χ1) is 10.1. The van der Waals surface area contributed by atoms with E-state index in [9.17, 15) is 4.79 Å². The van der Waals surface area contributed by atoms with Crippen molar-refractivity contribution in [2.75, 3.05) is 6.61 Å². The van der Waals surface area contributed by atoms with E-state index in [1.54, 1.807) is 6.07 Å². The van der Waals surface area contributed by atoms with Gasteiger partial charge in [0, 0.05) is 22.2 Å². The topological polar surface area (TPSA) is 62.2 Å². The van der Waals surface area contributed by atoms with Gasteiger partial charge in [0.2, 0.25) is 0 Å². The van der Waals surface area contributed by atoms with Gasteiger partial charge in [0.1, 0.15) is 11.6 Å². The van der Waals surface area contributed by atoms with Gasteiger partial charge in [-0.2, -0.15) is 0 Å². The van der Waals surface area contributed by atoms with Gasteiger partial charge >= 0.3 is 0 Å². The quantitative estimate of drug-likeness (QED) is 0.853. The molecule has 1 aromatic carbocycles. The molecule has 0 radical (unpaired) electrons. The molecule has 2 rings (SSSR count). The molecule has 0 saturated carbocycles. The molecule has 4 nitrogen and oxygen atoms in total. The molecule has 0 aliphatic rings. The summed E-state index contributed by atoms with van der Waals surface area (Å²) >= 11 is 1.53. The summed E-state index contributed by atoms with van der Waals surface area (Å²) in [6, 6.07) is 5.42. The Bertz CT molecular complexity index is 711. The van der Waals surface area contributed by atoms with Crippen molar-refractivity contribution in [3.05, 3.63) is 51.0 Å². The van der Waals surface area contributed by atoms with Crippen LogP contribution in [0.2, 0.25) is 0 Å². The molecule has 0 atom stereocenters. The van der Waals surface area contributed by atoms with Gasteiger partial charge < -0.3 is 10.4 Å². The molecule has 0 aliphatic carbocycles. The van der Waals surface area contributed by atoms with Crippen LogP contribution < -0.4 is 5.32 Å². The second kappa shape index (κ2) is 7.02. The van der Waals surface area contributed by atoms with Crippen molar-refractivity contribution in [1.82, 2.24) is 10.3 Å². The van der Waals surface area contributed by atoms with E-state index in [2.05, 4.69) is 22.1 Å². The Kier molecular flexibility index (Phi) is 5.09. The number of amides is 1. The molecule has 108 valence electrons. The number of hydrogen-bond acceptors (Lipinski definition) is 4. The van der Waals surface area contributed by atoms with Gasteiger partial charge in [0.05, 0.1) is 6.54 Å². The highest BCUT2D eigenvalue weighted by Gasteiger charge is 2.10. The molecule has 1 aromatic heterocycles. The van der Waals surface area contributed by atoms with Crippen molar-refractivity contribution >= 4 is 17.2 Å². The molecule has 1 heterocycles. The summed E-state index contributed by atoms with van der Waals surface area (Å²) < 4.78 is 0. The number of thiazole rings is 1. The summed E-state index contributed by atoms with van der Waals surface area (Å²) in [6.07, 6.45) is 0. The number of carbonyl (C=O) groups excluding carboxylic acids is 1. The predicted molar refractivity (Wildman–Crippen MR) is 83.2 cm³/mol. The number of aryl methyl sites for hydroxylation is 2. The zero-order valence-electron chi connectivity index (χ0n) is 11.9. The van der Waals surface area contributed by atoms with E-state index in [1.165, 1.54) is 11.3 Å². The molecule has 2 N–H and O–H groups in total. The summed E-state index contributed by atoms with van der Waals surface area (Å²) in [4.78, 5) is 16.6. The summed E-state index contributed by atoms with van der Waals surface area (Å²) in [5.41, 5.74) is 3.15. The maximum atomic E-state index is 12.2. The number of rotatable bonds is 3. The third-order valence-corrected chi connectivity index (χ3v) is 3.83. The second-order valence-corrected chi connectivity index (χ2v) is 5.50. The Hall–Kier alpha value is -2.16. The van der Waals surface area contributed by atoms with Crippen LogP contribution in [0.3, 0.4) is 0 Å². The number of carbonyl (C=O) groups is 1. The number of hydrogen-bond donors (Lipinski definition) is 2. The third kappa shape index (κ3) is 4.15. The van der Waals surface area contributed by atoms with Crippen LogP contribution in [0.15, 0.2) is 23.6 Å². The Balaban J connectivity index is 2.10. The molecule has 21 heavy (non-hydrogen) atoms. The first-order valence-electron chi connectivity index (χ1n) is 6.49. The van der Waals surface area contributed by atoms with Crippen LogP contribution >= 0.6 is 11.3 Å². The van der Waals surface area contributed by atoms with Crippen molar-refractivity contribution in [2.45, 2.75) is 20.4 Å². The lowest BCUT2D eigenvalue weighted by Gasteiger charge is -2.07. The largest absolute Gasteiger partial charge is 0.384 e. The zero-order chi connectivity index (χ0) is 15.2. The van der Waals surface area contributed by atoms with Crippen molar-refractivity contribution in [2.24, 2.45) is 0 Å². The fourth-order valence-electron chi connectivity index (χ4n) is 1.82. The summed E-state index contributed by atoms with van der Waals surface area (Å²) in [7, 11) is 0. The maximum absolute atomic E-state index is 12.2. The van der Waals surface area contributed by atoms with E-state index in [1.807, 2.05) is 31.4 Å². The van der Waals surface area contributed by atoms with Crippen LogP contribution in [0.1, 0.15) is 32.2 Å². The van der Waals surface area contributed by atoms with Gasteiger partial charge in [0.15, 0.2) is 0 Å². The molecule has 0 aliphatic heterocycles. The predicted octanol–water partition coefficient (Wildman–Crippen LogP) is 2.03. The molecule has 0 spiro atoms. The fourth-order valence-corrected chi connectivity index (χ4v) is 2.53. The minimum absolute atomic E-state index is 0.145. The monoisotopic (exact) mass is 300 g/mol. The lowest BCUT2D eigenvalue weighted by molar-refractivity contribution is 0.0950. The Morgan fingerprint density at radius 2 is 2.24 bits per heavy atom. The molecule has 0 saturated heterocycles. The molecule has 5 heteroatoms. The lowest BCUT2D eigenvalue weighted by Crippen LogP contribution is -2.23. The van der Waals surface area contributed by atoms with Crippen LogP contribution in [0, 0.1) is 25.7 Å². The standard InChI is InChI=1S/C16H16N2O2S/c1-11-5-6-13(4-3-7-19)8-14(11)16(20)17-9-15-18-12(2)10-21-15/h5-6,8,10,19H,7,9H2,1-2H3,(H,17,20). The number of aliphatic hydroxyl groups is 1. The van der Waals surface area contributed by atoms with Crippen molar-refractivity contribution in [3.8, 4) is 11.8 Å². The van der Waals surface area contributed by atoms with Crippen molar-refractivity contribution in [1.29, 1.82) is 0 Å². The number of nitrogens with zero attached hydrogens (tertiary/aromatic N) is 1. The van der Waals surface area contributed by atoms with Gasteiger partial charge in [-0.25, -0.2) is 4.98 Å². The van der Waals surface area contributed by atoms with Gasteiger partial charge in [-0.15, -0.1) is 11.3 Å². The van der Waals surface area contributed by atoms with Crippen LogP contribution in [-0.2, 0) is 6.54 Å². The Morgan fingerprint density at radius 3 is 2.90 bits per heavy atom. The van der Waals surface area contributed by atoms with Crippen LogP contribution in [-0.4, -0.2) is 22.6 Å². The van der Waals surface area contributed by atoms with Crippen LogP contribution in [0.25, 0.3) is 0 Å². The maximum Gasteiger partial charge on any atom is 0.251 e. The van der Waals surface area contributed by atoms with E-state index in [-0.39, 0.29) is 12.5 Å². The van der Waals surface area contributed by atoms with Gasteiger partial charge in [-0.3, -0.25) is 4.79 Å². The van der Waals surface area contributed by atoms with Gasteiger partial charge in [0.25, 0.3) is 5.91 Å². The number of benzene rings is 1. The molecule has 0 unspecified atom stereocenters. The average molecular weight is 300 g/mol. The third-order valence-electron chi connectivity index (χ3n) is 2.86. The lowest BCUT2D eigenvalue weighted by atomic mass is 10.0. The molecular formula is C16H16N2O2S. The van der Waals surface area contributed by atoms with Crippen LogP contribution in [0.5, 0.6) is 0 Å². The fraction of sp³-hybridized carbons (Fsp3) is 0.250. The van der Waals surface area contributed by atoms with Crippen molar-refractivity contribution in [3.63, 3.8) is 0 Å². The first-order valence-corrected chi connectivity index (χ1v) is 7.37. The highest BCUT2D eigenvalue weighted by Crippen LogP contribution is 2.12. The normalized spacial score (nSPS) is 9.86. The van der Waals surface area contributed by atoms with E-state index < -0.39 is 0 Å². The van der Waals surface area contributed by atoms with Crippen molar-refractivity contribution < 1.29 is 9.90 Å². The minimum atomic E-state index is -0.196. The summed E-state index contributed by atoms with van der Waals surface area (Å²) in [5, 5.41) is 14.4. The summed E-state index contributed by atoms with van der Waals surface area (Å²) in [6.45, 7) is 4.03. The molecule has 0 bridgehead atoms. The SMILES string of the molecule is Cc1csc(CNC(=O)c2cc(C#CCO)ccc2C)n1. The highest BCUT2D eigenvalue weighted by atomic mass is 32.1. The highest BCUT2D eigenvalue weighted by molar-refractivity contribution is 7.09. The van der Waals surface area contributed by atoms with Crippen LogP contribution in [0.4, 0.5) is 0 Å². The Labute approximate surface area is 127 Å². The van der Waals surface area contributed by atoms with E-state index in [0.717, 1.165) is 16.3 Å². The minimum Gasteiger partial charge on any atom is -0.384 e. The number of aliphatic hydroxyl groups excluding tert-OH is 1. The smallest absolute Gasteiger partial charge is 0.251 e. The number of nitrogens with one attached hydrogen (secondary N) is 1. The van der Waals surface area contributed by atoms with E-state index in [0.29, 0.717) is 17.7 Å². The first kappa shape index (κ1) is 15.2. The molecule has 1 amide bonds. The number of aromatic nitrogens is 1. The zero-order valence-corrected chi connectivity index (χ0v) is 12.8. The summed E-state index contributed by atoms with van der Waals surface area (Å²) in [5.74, 6) is 5.23. The second-order valence-electron chi connectivity index (χ2n) is 4.55. The van der Waals surface area contributed by atoms with E-state index >= 15 is 0 Å². The average Bonchev–Trinajstić information content (AvgIpc) is 2.89. The molecule has 2 aromatic rings. The molecular weight excluding hydrogens is 284 g/mol. The molecule has 0 fully saturated rings.